The van der Waals surface area contributed by atoms with Crippen LogP contribution in [0, 0.1) is 23.3 Å². The number of ether oxygens (including phenoxy) is 2. The summed E-state index contributed by atoms with van der Waals surface area (Å²) in [5, 5.41) is 0. The average molecular weight is 564 g/mol. The molecular weight excluding hydrogens is 544 g/mol. The number of benzene rings is 4. The maximum Gasteiger partial charge on any atom is 0.426 e. The van der Waals surface area contributed by atoms with Crippen molar-refractivity contribution in [2.75, 3.05) is 0 Å². The number of alkyl halides is 2. The van der Waals surface area contributed by atoms with E-state index in [1.165, 1.54) is 12.1 Å². The number of hydrogen-bond acceptors (Lipinski definition) is 2. The van der Waals surface area contributed by atoms with Gasteiger partial charge in [-0.3, -0.25) is 0 Å². The summed E-state index contributed by atoms with van der Waals surface area (Å²) in [4.78, 5) is 0. The zero-order chi connectivity index (χ0) is 29.0. The molecule has 4 aromatic carbocycles. The molecule has 2 nitrogen and oxygen atoms in total. The first-order valence-electron chi connectivity index (χ1n) is 11.9. The largest absolute Gasteiger partial charge is 0.453 e. The Morgan fingerprint density at radius 3 is 1.75 bits per heavy atom. The second kappa shape index (κ2) is 11.8. The maximum absolute atomic E-state index is 14.8. The molecule has 0 N–H and O–H groups in total. The van der Waals surface area contributed by atoms with E-state index in [4.69, 9.17) is 0 Å². The summed E-state index contributed by atoms with van der Waals surface area (Å²) in [6, 6.07) is 14.6. The minimum Gasteiger partial charge on any atom is -0.453 e. The predicted octanol–water partition coefficient (Wildman–Crippen LogP) is 9.77. The summed E-state index contributed by atoms with van der Waals surface area (Å²) in [6.07, 6.45) is -4.67. The van der Waals surface area contributed by atoms with Gasteiger partial charge < -0.3 is 9.47 Å². The highest BCUT2D eigenvalue weighted by molar-refractivity contribution is 5.67. The maximum atomic E-state index is 14.8. The van der Waals surface area contributed by atoms with Gasteiger partial charge in [0, 0.05) is 12.1 Å². The van der Waals surface area contributed by atoms with Crippen LogP contribution in [0.3, 0.4) is 0 Å². The zero-order valence-corrected chi connectivity index (χ0v) is 20.8. The molecule has 0 saturated heterocycles. The Bertz CT molecular complexity index is 1480. The first-order chi connectivity index (χ1) is 19.0. The molecule has 0 amide bonds. The third kappa shape index (κ3) is 6.44. The van der Waals surface area contributed by atoms with Crippen molar-refractivity contribution >= 4 is 0 Å². The van der Waals surface area contributed by atoms with Crippen LogP contribution >= 0.6 is 0 Å². The van der Waals surface area contributed by atoms with Crippen molar-refractivity contribution in [2.24, 2.45) is 0 Å². The van der Waals surface area contributed by atoms with Crippen LogP contribution in [0.5, 0.6) is 11.5 Å². The van der Waals surface area contributed by atoms with Crippen LogP contribution < -0.4 is 9.47 Å². The summed E-state index contributed by atoms with van der Waals surface area (Å²) in [7, 11) is 0. The Balaban J connectivity index is 1.55. The molecule has 0 saturated carbocycles. The fourth-order valence-electron chi connectivity index (χ4n) is 4.02. The highest BCUT2D eigenvalue weighted by Crippen LogP contribution is 2.37. The molecule has 4 rings (SSSR count). The monoisotopic (exact) mass is 564 g/mol. The number of hydrogen-bond donors (Lipinski definition) is 0. The molecule has 208 valence electrons. The molecule has 0 aliphatic rings. The zero-order valence-electron chi connectivity index (χ0n) is 20.8. The SMILES string of the molecule is CCCc1ccc(-c2ccc(C(F)(F)Oc3cc(F)c(-c4cc(F)c(OC=C(F)F)c(F)c4)c(F)c3)cc2)cc1. The van der Waals surface area contributed by atoms with Crippen molar-refractivity contribution in [3.8, 4) is 33.8 Å². The van der Waals surface area contributed by atoms with Crippen molar-refractivity contribution in [1.82, 2.24) is 0 Å². The van der Waals surface area contributed by atoms with Gasteiger partial charge in [0.2, 0.25) is 0 Å². The minimum absolute atomic E-state index is 0.215. The van der Waals surface area contributed by atoms with E-state index in [9.17, 15) is 35.1 Å². The Morgan fingerprint density at radius 1 is 0.725 bits per heavy atom. The Hall–Kier alpha value is -4.34. The van der Waals surface area contributed by atoms with Crippen LogP contribution in [0.2, 0.25) is 0 Å². The van der Waals surface area contributed by atoms with Crippen molar-refractivity contribution in [1.29, 1.82) is 0 Å². The molecule has 0 spiro atoms. The van der Waals surface area contributed by atoms with Crippen LogP contribution in [0.1, 0.15) is 24.5 Å². The van der Waals surface area contributed by atoms with E-state index in [2.05, 4.69) is 16.4 Å². The smallest absolute Gasteiger partial charge is 0.426 e. The molecular formula is C30H20F8O2. The van der Waals surface area contributed by atoms with Crippen LogP contribution in [-0.4, -0.2) is 0 Å². The predicted molar refractivity (Wildman–Crippen MR) is 133 cm³/mol. The van der Waals surface area contributed by atoms with Gasteiger partial charge in [-0.25, -0.2) is 17.6 Å². The molecule has 40 heavy (non-hydrogen) atoms. The summed E-state index contributed by atoms with van der Waals surface area (Å²) in [5.74, 6) is -8.10. The average Bonchev–Trinajstić information content (AvgIpc) is 2.88. The fourth-order valence-corrected chi connectivity index (χ4v) is 4.02. The van der Waals surface area contributed by atoms with Crippen LogP contribution in [0.4, 0.5) is 35.1 Å². The Morgan fingerprint density at radius 2 is 1.25 bits per heavy atom. The van der Waals surface area contributed by atoms with Gasteiger partial charge in [0.15, 0.2) is 23.6 Å². The van der Waals surface area contributed by atoms with E-state index in [1.54, 1.807) is 0 Å². The molecule has 10 heteroatoms. The molecule has 0 aliphatic heterocycles. The molecule has 0 fully saturated rings. The lowest BCUT2D eigenvalue weighted by molar-refractivity contribution is -0.185. The number of halogens is 8. The van der Waals surface area contributed by atoms with E-state index in [0.29, 0.717) is 29.8 Å². The Kier molecular flexibility index (Phi) is 8.46. The first kappa shape index (κ1) is 28.7. The van der Waals surface area contributed by atoms with Crippen molar-refractivity contribution < 1.29 is 44.6 Å². The van der Waals surface area contributed by atoms with E-state index in [0.717, 1.165) is 36.1 Å². The van der Waals surface area contributed by atoms with Gasteiger partial charge in [-0.1, -0.05) is 49.7 Å². The van der Waals surface area contributed by atoms with Crippen molar-refractivity contribution in [3.05, 3.63) is 120 Å². The molecule has 4 aromatic rings. The molecule has 0 heterocycles. The van der Waals surface area contributed by atoms with E-state index in [-0.39, 0.29) is 6.26 Å². The van der Waals surface area contributed by atoms with Gasteiger partial charge in [0.1, 0.15) is 17.4 Å². The quantitative estimate of drug-likeness (QED) is 0.149. The standard InChI is InChI=1S/C30H20F8O2/c1-2-3-17-4-6-18(7-5-17)19-8-10-21(11-9-19)30(37,38)40-22-14-23(31)28(24(32)15-22)20-12-25(33)29(26(34)13-20)39-16-27(35)36/h4-16H,2-3H2,1H3. The van der Waals surface area contributed by atoms with E-state index in [1.807, 2.05) is 24.3 Å². The van der Waals surface area contributed by atoms with Gasteiger partial charge in [-0.15, -0.1) is 0 Å². The summed E-state index contributed by atoms with van der Waals surface area (Å²) in [5.41, 5.74) is 0.430. The van der Waals surface area contributed by atoms with Crippen LogP contribution in [0.15, 0.2) is 85.1 Å². The van der Waals surface area contributed by atoms with Gasteiger partial charge in [0.05, 0.1) is 11.1 Å². The lowest BCUT2D eigenvalue weighted by atomic mass is 10.0. The summed E-state index contributed by atoms with van der Waals surface area (Å²) < 4.78 is 121. The topological polar surface area (TPSA) is 18.5 Å². The third-order valence-corrected chi connectivity index (χ3v) is 5.86. The van der Waals surface area contributed by atoms with Gasteiger partial charge >= 0.3 is 12.2 Å². The highest BCUT2D eigenvalue weighted by Gasteiger charge is 2.35. The summed E-state index contributed by atoms with van der Waals surface area (Å²) >= 11 is 0. The van der Waals surface area contributed by atoms with Crippen molar-refractivity contribution in [3.63, 3.8) is 0 Å². The van der Waals surface area contributed by atoms with Crippen LogP contribution in [-0.2, 0) is 12.5 Å². The molecule has 0 atom stereocenters. The molecule has 0 radical (unpaired) electrons. The van der Waals surface area contributed by atoms with Crippen LogP contribution in [0.25, 0.3) is 22.3 Å². The molecule has 0 aromatic heterocycles. The van der Waals surface area contributed by atoms with E-state index < -0.39 is 63.6 Å². The highest BCUT2D eigenvalue weighted by atomic mass is 19.3. The normalized spacial score (nSPS) is 11.3. The molecule has 0 aliphatic carbocycles. The molecule has 0 bridgehead atoms. The van der Waals surface area contributed by atoms with Gasteiger partial charge in [-0.05, 0) is 52.9 Å². The number of rotatable bonds is 9. The van der Waals surface area contributed by atoms with Crippen molar-refractivity contribution in [2.45, 2.75) is 25.9 Å². The Labute approximate surface area is 224 Å². The second-order valence-electron chi connectivity index (χ2n) is 8.70. The third-order valence-electron chi connectivity index (χ3n) is 5.86. The van der Waals surface area contributed by atoms with Gasteiger partial charge in [-0.2, -0.15) is 17.6 Å². The fraction of sp³-hybridized carbons (Fsp3) is 0.133. The lowest BCUT2D eigenvalue weighted by Gasteiger charge is -2.19. The van der Waals surface area contributed by atoms with Gasteiger partial charge in [0.25, 0.3) is 0 Å². The second-order valence-corrected chi connectivity index (χ2v) is 8.70. The van der Waals surface area contributed by atoms with E-state index >= 15 is 0 Å². The first-order valence-corrected chi connectivity index (χ1v) is 11.9. The lowest BCUT2D eigenvalue weighted by Crippen LogP contribution is -2.22. The number of aryl methyl sites for hydroxylation is 1. The summed E-state index contributed by atoms with van der Waals surface area (Å²) in [6.45, 7) is 2.06. The minimum atomic E-state index is -3.99. The molecule has 0 unspecified atom stereocenters.